The molecule has 244 valence electrons. The molecule has 1 aromatic heterocycles. The number of benzene rings is 9. The molecule has 0 atom stereocenters. The lowest BCUT2D eigenvalue weighted by Crippen LogP contribution is -2.14. The molecule has 0 radical (unpaired) electrons. The van der Waals surface area contributed by atoms with Crippen LogP contribution in [-0.2, 0) is 5.41 Å². The largest absolute Gasteiger partial charge is 0.456 e. The highest BCUT2D eigenvalue weighted by Gasteiger charge is 2.37. The van der Waals surface area contributed by atoms with Crippen LogP contribution in [0.3, 0.4) is 0 Å². The molecule has 0 unspecified atom stereocenters. The summed E-state index contributed by atoms with van der Waals surface area (Å²) in [5.74, 6) is 0. The monoisotopic (exact) mass is 662 g/mol. The molecule has 0 saturated heterocycles. The van der Waals surface area contributed by atoms with Gasteiger partial charge in [-0.1, -0.05) is 159 Å². The molecule has 1 aliphatic carbocycles. The summed E-state index contributed by atoms with van der Waals surface area (Å²) >= 11 is 0. The minimum atomic E-state index is -0.117. The van der Waals surface area contributed by atoms with E-state index in [1.807, 2.05) is 0 Å². The van der Waals surface area contributed by atoms with Crippen molar-refractivity contribution in [2.24, 2.45) is 0 Å². The van der Waals surface area contributed by atoms with E-state index in [9.17, 15) is 0 Å². The van der Waals surface area contributed by atoms with Gasteiger partial charge in [0.2, 0.25) is 0 Å². The summed E-state index contributed by atoms with van der Waals surface area (Å²) < 4.78 is 6.78. The van der Waals surface area contributed by atoms with Crippen molar-refractivity contribution in [3.8, 4) is 44.5 Å². The van der Waals surface area contributed by atoms with E-state index in [1.165, 1.54) is 87.8 Å². The Morgan fingerprint density at radius 2 is 0.885 bits per heavy atom. The van der Waals surface area contributed by atoms with Gasteiger partial charge in [-0.05, 0) is 112 Å². The maximum atomic E-state index is 6.78. The van der Waals surface area contributed by atoms with Crippen molar-refractivity contribution >= 4 is 54.3 Å². The predicted molar refractivity (Wildman–Crippen MR) is 220 cm³/mol. The van der Waals surface area contributed by atoms with E-state index in [1.54, 1.807) is 0 Å². The first-order chi connectivity index (χ1) is 25.5. The van der Waals surface area contributed by atoms with Crippen molar-refractivity contribution in [1.29, 1.82) is 0 Å². The zero-order valence-electron chi connectivity index (χ0n) is 29.1. The molecule has 9 aromatic carbocycles. The van der Waals surface area contributed by atoms with Crippen molar-refractivity contribution in [2.45, 2.75) is 19.3 Å². The molecule has 11 rings (SSSR count). The van der Waals surface area contributed by atoms with Crippen LogP contribution in [-0.4, -0.2) is 0 Å². The first-order valence-electron chi connectivity index (χ1n) is 18.2. The molecule has 0 amide bonds. The first-order valence-corrected chi connectivity index (χ1v) is 18.2. The molecule has 0 fully saturated rings. The highest BCUT2D eigenvalue weighted by Crippen LogP contribution is 2.53. The average Bonchev–Trinajstić information content (AvgIpc) is 3.66. The van der Waals surface area contributed by atoms with Crippen LogP contribution in [0.2, 0.25) is 0 Å². The molecule has 1 heteroatoms. The van der Waals surface area contributed by atoms with E-state index in [2.05, 4.69) is 184 Å². The van der Waals surface area contributed by atoms with Gasteiger partial charge < -0.3 is 4.42 Å². The smallest absolute Gasteiger partial charge is 0.136 e. The second kappa shape index (κ2) is 10.8. The van der Waals surface area contributed by atoms with Gasteiger partial charge in [-0.2, -0.15) is 0 Å². The number of hydrogen-bond donors (Lipinski definition) is 0. The third-order valence-corrected chi connectivity index (χ3v) is 11.7. The zero-order chi connectivity index (χ0) is 34.6. The number of furan rings is 1. The van der Waals surface area contributed by atoms with Crippen LogP contribution in [0.15, 0.2) is 174 Å². The Bertz CT molecular complexity index is 3010. The summed E-state index contributed by atoms with van der Waals surface area (Å²) in [7, 11) is 0. The summed E-state index contributed by atoms with van der Waals surface area (Å²) in [6.07, 6.45) is 0. The van der Waals surface area contributed by atoms with Crippen LogP contribution in [0.1, 0.15) is 25.0 Å². The Morgan fingerprint density at radius 1 is 0.346 bits per heavy atom. The van der Waals surface area contributed by atoms with Crippen molar-refractivity contribution < 1.29 is 4.42 Å². The SMILES string of the molecule is CC1(C)c2cc3oc4cc(-c5c6ccccc6c(-c6ccc(-c7ccccc7)cc6)c6ccccc56)ccc4c3cc2-c2c1ccc1ccccc21. The van der Waals surface area contributed by atoms with Crippen LogP contribution in [0, 0.1) is 0 Å². The average molecular weight is 663 g/mol. The number of hydrogen-bond acceptors (Lipinski definition) is 1. The van der Waals surface area contributed by atoms with E-state index in [-0.39, 0.29) is 5.41 Å². The third kappa shape index (κ3) is 4.11. The fourth-order valence-electron chi connectivity index (χ4n) is 9.14. The second-order valence-corrected chi connectivity index (χ2v) is 14.8. The molecule has 0 aliphatic heterocycles. The second-order valence-electron chi connectivity index (χ2n) is 14.8. The third-order valence-electron chi connectivity index (χ3n) is 11.7. The van der Waals surface area contributed by atoms with Crippen molar-refractivity contribution in [1.82, 2.24) is 0 Å². The Balaban J connectivity index is 1.10. The van der Waals surface area contributed by atoms with Crippen LogP contribution in [0.4, 0.5) is 0 Å². The van der Waals surface area contributed by atoms with Gasteiger partial charge in [0.1, 0.15) is 11.2 Å². The Labute approximate surface area is 302 Å². The molecule has 0 saturated carbocycles. The van der Waals surface area contributed by atoms with Gasteiger partial charge in [-0.15, -0.1) is 0 Å². The van der Waals surface area contributed by atoms with Crippen LogP contribution in [0.25, 0.3) is 98.8 Å². The quantitative estimate of drug-likeness (QED) is 0.172. The van der Waals surface area contributed by atoms with Crippen LogP contribution in [0.5, 0.6) is 0 Å². The van der Waals surface area contributed by atoms with Gasteiger partial charge in [0.05, 0.1) is 0 Å². The summed E-state index contributed by atoms with van der Waals surface area (Å²) in [4.78, 5) is 0. The van der Waals surface area contributed by atoms with Crippen molar-refractivity contribution in [3.05, 3.63) is 181 Å². The fourth-order valence-corrected chi connectivity index (χ4v) is 9.14. The summed E-state index contributed by atoms with van der Waals surface area (Å²) in [5, 5.41) is 9.89. The zero-order valence-corrected chi connectivity index (χ0v) is 29.1. The number of rotatable bonds is 3. The molecule has 10 aromatic rings. The lowest BCUT2D eigenvalue weighted by molar-refractivity contribution is 0.647. The Morgan fingerprint density at radius 3 is 1.58 bits per heavy atom. The van der Waals surface area contributed by atoms with E-state index in [0.29, 0.717) is 0 Å². The lowest BCUT2D eigenvalue weighted by atomic mass is 9.82. The minimum Gasteiger partial charge on any atom is -0.456 e. The molecule has 52 heavy (non-hydrogen) atoms. The molecule has 1 aliphatic rings. The van der Waals surface area contributed by atoms with Crippen molar-refractivity contribution in [3.63, 3.8) is 0 Å². The normalized spacial score (nSPS) is 13.3. The van der Waals surface area contributed by atoms with Gasteiger partial charge >= 0.3 is 0 Å². The molecule has 0 N–H and O–H groups in total. The highest BCUT2D eigenvalue weighted by atomic mass is 16.3. The van der Waals surface area contributed by atoms with E-state index < -0.39 is 0 Å². The first kappa shape index (κ1) is 29.3. The van der Waals surface area contributed by atoms with Crippen molar-refractivity contribution in [2.75, 3.05) is 0 Å². The summed E-state index contributed by atoms with van der Waals surface area (Å²) in [6, 6.07) is 62.3. The fraction of sp³-hybridized carbons (Fsp3) is 0.0588. The van der Waals surface area contributed by atoms with E-state index in [4.69, 9.17) is 4.42 Å². The topological polar surface area (TPSA) is 13.1 Å². The van der Waals surface area contributed by atoms with Gasteiger partial charge in [-0.3, -0.25) is 0 Å². The molecule has 1 heterocycles. The van der Waals surface area contributed by atoms with Gasteiger partial charge in [0.15, 0.2) is 0 Å². The molecular weight excluding hydrogens is 629 g/mol. The van der Waals surface area contributed by atoms with Crippen LogP contribution >= 0.6 is 0 Å². The molecule has 0 spiro atoms. The van der Waals surface area contributed by atoms with E-state index >= 15 is 0 Å². The van der Waals surface area contributed by atoms with E-state index in [0.717, 1.165) is 22.1 Å². The highest BCUT2D eigenvalue weighted by molar-refractivity contribution is 6.22. The summed E-state index contributed by atoms with van der Waals surface area (Å²) in [6.45, 7) is 4.69. The maximum absolute atomic E-state index is 6.78. The van der Waals surface area contributed by atoms with Crippen LogP contribution < -0.4 is 0 Å². The molecular formula is C51H34O. The lowest BCUT2D eigenvalue weighted by Gasteiger charge is -2.21. The predicted octanol–water partition coefficient (Wildman–Crippen LogP) is 14.4. The standard InChI is InChI=1S/C51H34O/c1-51(2)44-27-25-33-14-6-7-15-36(33)50(44)43-29-42-37-26-24-35(28-46(37)52-47(42)30-45(43)51)49-40-18-10-8-16-38(40)48(39-17-9-11-19-41(39)49)34-22-20-32(21-23-34)31-12-4-3-5-13-31/h3-30H,1-2H3. The number of fused-ring (bicyclic) bond motifs is 10. The maximum Gasteiger partial charge on any atom is 0.136 e. The minimum absolute atomic E-state index is 0.117. The van der Waals surface area contributed by atoms with Gasteiger partial charge in [0.25, 0.3) is 0 Å². The Kier molecular flexibility index (Phi) is 6.08. The molecule has 1 nitrogen and oxygen atoms in total. The summed E-state index contributed by atoms with van der Waals surface area (Å²) in [5.41, 5.74) is 14.5. The Hall–Kier alpha value is -6.44. The van der Waals surface area contributed by atoms with Gasteiger partial charge in [-0.25, -0.2) is 0 Å². The van der Waals surface area contributed by atoms with Gasteiger partial charge in [0, 0.05) is 16.2 Å². The molecule has 0 bridgehead atoms.